The van der Waals surface area contributed by atoms with Gasteiger partial charge in [-0.05, 0) is 104 Å². The molecule has 2 aromatic carbocycles. The molecule has 0 radical (unpaired) electrons. The SMILES string of the molecule is CCn1c(-c2cccnc2[C@H](C)OC)c2c3cc(ccc31)-c1cc(O)cc(c1)C[C@H](NC(=O)[C@H](C(C)C)N(C)C(=O)[C@@H]1C[C@@H]1F)C(=O)N1CCC[C@H](N1)C(=O)OCC(C)(C)C2. The van der Waals surface area contributed by atoms with Crippen molar-refractivity contribution in [3.8, 4) is 28.1 Å². The van der Waals surface area contributed by atoms with Gasteiger partial charge in [0, 0.05) is 61.7 Å². The molecule has 14 heteroatoms. The van der Waals surface area contributed by atoms with E-state index in [1.807, 2.05) is 25.1 Å². The summed E-state index contributed by atoms with van der Waals surface area (Å²) in [6, 6.07) is 12.4. The molecule has 4 heterocycles. The predicted molar refractivity (Wildman–Crippen MR) is 230 cm³/mol. The molecule has 3 aliphatic rings. The van der Waals surface area contributed by atoms with E-state index in [-0.39, 0.29) is 43.8 Å². The average molecular weight is 839 g/mol. The molecule has 2 aromatic heterocycles. The number of aryl methyl sites for hydroxylation is 1. The first kappa shape index (κ1) is 43.7. The number of likely N-dealkylation sites (N-methyl/N-ethyl adjacent to an activating group) is 1. The van der Waals surface area contributed by atoms with Crippen molar-refractivity contribution in [2.24, 2.45) is 17.3 Å². The number of phenolic OH excluding ortho intramolecular Hbond substituents is 1. The summed E-state index contributed by atoms with van der Waals surface area (Å²) < 4.78 is 28.1. The lowest BCUT2D eigenvalue weighted by Crippen LogP contribution is -2.62. The fourth-order valence-corrected chi connectivity index (χ4v) is 9.07. The van der Waals surface area contributed by atoms with Gasteiger partial charge < -0.3 is 29.4 Å². The largest absolute Gasteiger partial charge is 0.508 e. The van der Waals surface area contributed by atoms with Gasteiger partial charge in [0.05, 0.1) is 30.0 Å². The molecule has 6 atom stereocenters. The number of esters is 1. The standard InChI is InChI=1S/C47H59FN6O7/c1-9-53-39-15-14-29-22-33(39)35(42(53)32-12-10-16-49-40(32)27(4)60-8)24-47(5,6)25-61-46(59)37-13-11-17-54(51-37)45(58)38(20-28-18-30(29)21-31(55)19-28)50-43(56)41(26(2)3)52(7)44(57)34-23-36(34)48/h10,12,14-16,18-19,21-22,26-27,34,36-38,41,51,55H,9,11,13,17,20,23-25H2,1-8H3,(H,50,56)/t27-,34+,36-,37-,38-,41-/m0/s1. The van der Waals surface area contributed by atoms with Gasteiger partial charge in [0.15, 0.2) is 0 Å². The van der Waals surface area contributed by atoms with E-state index in [0.29, 0.717) is 36.9 Å². The topological polar surface area (TPSA) is 155 Å². The van der Waals surface area contributed by atoms with Gasteiger partial charge in [0.1, 0.15) is 30.0 Å². The van der Waals surface area contributed by atoms with Crippen molar-refractivity contribution < 1.29 is 38.1 Å². The van der Waals surface area contributed by atoms with E-state index in [4.69, 9.17) is 14.5 Å². The van der Waals surface area contributed by atoms with Crippen LogP contribution in [0.4, 0.5) is 4.39 Å². The van der Waals surface area contributed by atoms with E-state index in [2.05, 4.69) is 54.3 Å². The van der Waals surface area contributed by atoms with Gasteiger partial charge in [0.2, 0.25) is 11.8 Å². The minimum atomic E-state index is -1.23. The van der Waals surface area contributed by atoms with Crippen LogP contribution < -0.4 is 10.7 Å². The van der Waals surface area contributed by atoms with E-state index in [1.54, 1.807) is 39.3 Å². The van der Waals surface area contributed by atoms with Crippen LogP contribution in [0, 0.1) is 17.3 Å². The number of nitrogens with one attached hydrogen (secondary N) is 2. The maximum absolute atomic E-state index is 14.5. The second-order valence-electron chi connectivity index (χ2n) is 18.0. The normalized spacial score (nSPS) is 22.6. The highest BCUT2D eigenvalue weighted by atomic mass is 19.1. The molecule has 2 aliphatic heterocycles. The van der Waals surface area contributed by atoms with E-state index < -0.39 is 59.3 Å². The van der Waals surface area contributed by atoms with Gasteiger partial charge in [-0.1, -0.05) is 39.8 Å². The van der Waals surface area contributed by atoms with Gasteiger partial charge in [-0.15, -0.1) is 0 Å². The highest BCUT2D eigenvalue weighted by molar-refractivity contribution is 5.96. The number of amides is 3. The van der Waals surface area contributed by atoms with Crippen molar-refractivity contribution in [1.82, 2.24) is 30.2 Å². The van der Waals surface area contributed by atoms with Gasteiger partial charge in [-0.2, -0.15) is 0 Å². The van der Waals surface area contributed by atoms with E-state index in [9.17, 15) is 28.7 Å². The quantitative estimate of drug-likeness (QED) is 0.165. The molecule has 4 aromatic rings. The Labute approximate surface area is 356 Å². The molecule has 1 saturated heterocycles. The number of halogens is 1. The molecule has 1 saturated carbocycles. The number of fused-ring (bicyclic) bond motifs is 6. The van der Waals surface area contributed by atoms with Crippen molar-refractivity contribution in [2.45, 2.75) is 111 Å². The lowest BCUT2D eigenvalue weighted by Gasteiger charge is -2.36. The third-order valence-corrected chi connectivity index (χ3v) is 12.4. The lowest BCUT2D eigenvalue weighted by molar-refractivity contribution is -0.155. The summed E-state index contributed by atoms with van der Waals surface area (Å²) >= 11 is 0. The number of hydrogen-bond acceptors (Lipinski definition) is 9. The third-order valence-electron chi connectivity index (χ3n) is 12.4. The molecule has 0 spiro atoms. The Bertz CT molecular complexity index is 2330. The number of carbonyl (C=O) groups excluding carboxylic acids is 4. The highest BCUT2D eigenvalue weighted by Crippen LogP contribution is 2.42. The minimum Gasteiger partial charge on any atom is -0.508 e. The van der Waals surface area contributed by atoms with E-state index >= 15 is 0 Å². The molecular weight excluding hydrogens is 780 g/mol. The number of carbonyl (C=O) groups is 4. The summed E-state index contributed by atoms with van der Waals surface area (Å²) in [5, 5.41) is 16.5. The number of phenols is 1. The first-order valence-corrected chi connectivity index (χ1v) is 21.4. The summed E-state index contributed by atoms with van der Waals surface area (Å²) in [7, 11) is 3.16. The Morgan fingerprint density at radius 1 is 1.13 bits per heavy atom. The summed E-state index contributed by atoms with van der Waals surface area (Å²) in [5.74, 6) is -3.16. The highest BCUT2D eigenvalue weighted by Gasteiger charge is 2.47. The van der Waals surface area contributed by atoms with Crippen LogP contribution in [0.25, 0.3) is 33.3 Å². The first-order chi connectivity index (χ1) is 29.0. The van der Waals surface area contributed by atoms with Crippen LogP contribution in [-0.2, 0) is 48.0 Å². The summed E-state index contributed by atoms with van der Waals surface area (Å²) in [4.78, 5) is 61.7. The fraction of sp³-hybridized carbons (Fsp3) is 0.511. The van der Waals surface area contributed by atoms with Crippen LogP contribution in [0.2, 0.25) is 0 Å². The van der Waals surface area contributed by atoms with Gasteiger partial charge in [-0.25, -0.2) is 9.82 Å². The number of hydrazine groups is 1. The number of rotatable bonds is 9. The van der Waals surface area contributed by atoms with E-state index in [1.165, 1.54) is 17.0 Å². The van der Waals surface area contributed by atoms with Crippen LogP contribution in [0.1, 0.15) is 83.7 Å². The molecule has 0 unspecified atom stereocenters. The number of ether oxygens (including phenoxy) is 2. The van der Waals surface area contributed by atoms with Gasteiger partial charge in [-0.3, -0.25) is 29.2 Å². The fourth-order valence-electron chi connectivity index (χ4n) is 9.07. The number of benzene rings is 2. The van der Waals surface area contributed by atoms with Crippen molar-refractivity contribution in [3.05, 3.63) is 71.5 Å². The Morgan fingerprint density at radius 3 is 2.57 bits per heavy atom. The number of alkyl halides is 1. The minimum absolute atomic E-state index is 0.0174. The zero-order valence-corrected chi connectivity index (χ0v) is 36.5. The number of pyridine rings is 1. The molecule has 7 rings (SSSR count). The van der Waals surface area contributed by atoms with Crippen molar-refractivity contribution >= 4 is 34.6 Å². The number of methoxy groups -OCH3 is 1. The Hall–Kier alpha value is -5.34. The Balaban J connectivity index is 1.35. The Morgan fingerprint density at radius 2 is 1.89 bits per heavy atom. The number of aromatic hydroxyl groups is 1. The molecule has 3 N–H and O–H groups in total. The monoisotopic (exact) mass is 838 g/mol. The Kier molecular flexibility index (Phi) is 12.6. The van der Waals surface area contributed by atoms with Crippen molar-refractivity contribution in [1.29, 1.82) is 0 Å². The molecule has 61 heavy (non-hydrogen) atoms. The number of aromatic nitrogens is 2. The average Bonchev–Trinajstić information content (AvgIpc) is 3.90. The number of cyclic esters (lactones) is 1. The molecular formula is C47H59FN6O7. The third kappa shape index (κ3) is 9.02. The lowest BCUT2D eigenvalue weighted by atomic mass is 9.84. The van der Waals surface area contributed by atoms with Gasteiger partial charge in [0.25, 0.3) is 5.91 Å². The zero-order chi connectivity index (χ0) is 43.9. The van der Waals surface area contributed by atoms with Crippen LogP contribution >= 0.6 is 0 Å². The summed E-state index contributed by atoms with van der Waals surface area (Å²) in [6.07, 6.45) is 1.85. The summed E-state index contributed by atoms with van der Waals surface area (Å²) in [5.41, 5.74) is 9.47. The second kappa shape index (κ2) is 17.6. The molecule has 1 aliphatic carbocycles. The number of nitrogens with zero attached hydrogens (tertiary/aromatic N) is 4. The smallest absolute Gasteiger partial charge is 0.324 e. The van der Waals surface area contributed by atoms with Gasteiger partial charge >= 0.3 is 5.97 Å². The number of hydrogen-bond donors (Lipinski definition) is 3. The molecule has 2 fully saturated rings. The van der Waals surface area contributed by atoms with Crippen molar-refractivity contribution in [3.63, 3.8) is 0 Å². The maximum atomic E-state index is 14.5. The van der Waals surface area contributed by atoms with Crippen molar-refractivity contribution in [2.75, 3.05) is 27.3 Å². The van der Waals surface area contributed by atoms with Crippen LogP contribution in [-0.4, -0.2) is 99.9 Å². The molecule has 326 valence electrons. The van der Waals surface area contributed by atoms with Crippen LogP contribution in [0.15, 0.2) is 54.7 Å². The zero-order valence-electron chi connectivity index (χ0n) is 36.5. The molecule has 6 bridgehead atoms. The van der Waals surface area contributed by atoms with E-state index in [0.717, 1.165) is 39.0 Å². The second-order valence-corrected chi connectivity index (χ2v) is 18.0. The summed E-state index contributed by atoms with van der Waals surface area (Å²) in [6.45, 7) is 12.8. The van der Waals surface area contributed by atoms with Crippen LogP contribution in [0.5, 0.6) is 5.75 Å². The molecule has 3 amide bonds. The van der Waals surface area contributed by atoms with Crippen LogP contribution in [0.3, 0.4) is 0 Å². The molecule has 13 nitrogen and oxygen atoms in total. The maximum Gasteiger partial charge on any atom is 0.324 e. The predicted octanol–water partition coefficient (Wildman–Crippen LogP) is 6.29. The first-order valence-electron chi connectivity index (χ1n) is 21.4.